The Morgan fingerprint density at radius 3 is 2.56 bits per heavy atom. The van der Waals surface area contributed by atoms with Crippen LogP contribution in [0, 0.1) is 5.92 Å². The second-order valence-electron chi connectivity index (χ2n) is 7.77. The molecule has 0 saturated heterocycles. The third-order valence-corrected chi connectivity index (χ3v) is 5.20. The third kappa shape index (κ3) is 7.16. The van der Waals surface area contributed by atoms with Gasteiger partial charge in [0, 0.05) is 30.7 Å². The van der Waals surface area contributed by atoms with Crippen molar-refractivity contribution in [1.82, 2.24) is 5.32 Å². The third-order valence-electron chi connectivity index (χ3n) is 5.20. The summed E-state index contributed by atoms with van der Waals surface area (Å²) in [4.78, 5) is 33.2. The Kier molecular flexibility index (Phi) is 10.3. The predicted octanol–water partition coefficient (Wildman–Crippen LogP) is 4.10. The largest absolute Gasteiger partial charge is 0.494 e. The molecule has 1 aliphatic rings. The van der Waals surface area contributed by atoms with E-state index < -0.39 is 0 Å². The first-order valence-electron chi connectivity index (χ1n) is 11.5. The van der Waals surface area contributed by atoms with Gasteiger partial charge in [-0.1, -0.05) is 32.1 Å². The van der Waals surface area contributed by atoms with Crippen LogP contribution in [-0.2, 0) is 9.59 Å². The fraction of sp³-hybridized carbons (Fsp3) is 0.385. The van der Waals surface area contributed by atoms with E-state index in [2.05, 4.69) is 20.6 Å². The van der Waals surface area contributed by atoms with Crippen molar-refractivity contribution in [2.24, 2.45) is 21.6 Å². The van der Waals surface area contributed by atoms with E-state index in [1.54, 1.807) is 39.3 Å². The van der Waals surface area contributed by atoms with Crippen molar-refractivity contribution in [3.05, 3.63) is 59.0 Å². The molecule has 0 radical (unpaired) electrons. The number of anilines is 1. The smallest absolute Gasteiger partial charge is 0.224 e. The molecule has 8 nitrogen and oxygen atoms in total. The molecule has 2 rings (SSSR count). The maximum absolute atomic E-state index is 13.1. The molecule has 0 aromatic heterocycles. The molecule has 4 N–H and O–H groups in total. The highest BCUT2D eigenvalue weighted by atomic mass is 16.5. The molecule has 1 amide bonds. The van der Waals surface area contributed by atoms with E-state index in [-0.39, 0.29) is 23.4 Å². The lowest BCUT2D eigenvalue weighted by Crippen LogP contribution is -2.22. The van der Waals surface area contributed by atoms with Gasteiger partial charge in [-0.25, -0.2) is 4.99 Å². The Bertz CT molecular complexity index is 1050. The monoisotopic (exact) mass is 465 g/mol. The van der Waals surface area contributed by atoms with E-state index in [0.717, 1.165) is 19.3 Å². The number of ether oxygens (including phenoxy) is 1. The summed E-state index contributed by atoms with van der Waals surface area (Å²) < 4.78 is 5.66. The summed E-state index contributed by atoms with van der Waals surface area (Å²) in [6, 6.07) is 5.45. The second-order valence-corrected chi connectivity index (χ2v) is 7.77. The Hall–Kier alpha value is -3.68. The standard InChI is InChI=1S/C26H35N5O3/c1-6-10-18(30-23(32)8-3)15-22(19(7-2)24(33)17-13-14-17)31-21-12-9-11-20(25(21)34-5)26(27)29-16-28-4/h7,9-12,15-17,31H,6,8,13-14H2,1-5H3,(H,30,32)(H2,27,28,29)/b18-10-,19-7+,22-15+. The van der Waals surface area contributed by atoms with Gasteiger partial charge in [0.25, 0.3) is 0 Å². The van der Waals surface area contributed by atoms with Crippen LogP contribution in [0.5, 0.6) is 5.75 Å². The lowest BCUT2D eigenvalue weighted by Gasteiger charge is -2.19. The molecule has 1 saturated carbocycles. The quantitative estimate of drug-likeness (QED) is 0.186. The van der Waals surface area contributed by atoms with Crippen molar-refractivity contribution >= 4 is 29.6 Å². The van der Waals surface area contributed by atoms with Gasteiger partial charge >= 0.3 is 0 Å². The highest BCUT2D eigenvalue weighted by molar-refractivity contribution is 6.06. The van der Waals surface area contributed by atoms with Gasteiger partial charge in [-0.3, -0.25) is 14.6 Å². The average molecular weight is 466 g/mol. The number of amides is 1. The molecule has 1 aromatic carbocycles. The van der Waals surface area contributed by atoms with Crippen LogP contribution in [0.3, 0.4) is 0 Å². The van der Waals surface area contributed by atoms with Crippen molar-refractivity contribution in [2.45, 2.75) is 46.5 Å². The van der Waals surface area contributed by atoms with Gasteiger partial charge in [-0.15, -0.1) is 0 Å². The van der Waals surface area contributed by atoms with Crippen molar-refractivity contribution in [2.75, 3.05) is 19.5 Å². The lowest BCUT2D eigenvalue weighted by molar-refractivity contribution is -0.120. The van der Waals surface area contributed by atoms with Crippen LogP contribution < -0.4 is 21.1 Å². The van der Waals surface area contributed by atoms with Crippen LogP contribution in [0.15, 0.2) is 63.4 Å². The number of carbonyl (C=O) groups is 2. The SMILES string of the molecule is C\C=C(C(=O)C1CC1)/C(=C\C(=C\CC)NC(=O)CC)Nc1cccc(C(N)=NC=NC)c1OC. The molecule has 182 valence electrons. The van der Waals surface area contributed by atoms with Gasteiger partial charge in [0.1, 0.15) is 12.2 Å². The van der Waals surface area contributed by atoms with Crippen molar-refractivity contribution < 1.29 is 14.3 Å². The number of aliphatic imine (C=N–C) groups is 2. The summed E-state index contributed by atoms with van der Waals surface area (Å²) in [6.45, 7) is 5.61. The van der Waals surface area contributed by atoms with Crippen molar-refractivity contribution in [3.8, 4) is 5.75 Å². The van der Waals surface area contributed by atoms with Crippen LogP contribution in [0.2, 0.25) is 0 Å². The van der Waals surface area contributed by atoms with Gasteiger partial charge in [0.15, 0.2) is 11.5 Å². The molecule has 0 unspecified atom stereocenters. The van der Waals surface area contributed by atoms with E-state index in [0.29, 0.717) is 40.4 Å². The number of methoxy groups -OCH3 is 1. The topological polar surface area (TPSA) is 118 Å². The van der Waals surface area contributed by atoms with Crippen LogP contribution in [0.25, 0.3) is 0 Å². The van der Waals surface area contributed by atoms with E-state index in [1.165, 1.54) is 6.34 Å². The fourth-order valence-electron chi connectivity index (χ4n) is 3.34. The number of nitrogens with zero attached hydrogens (tertiary/aromatic N) is 2. The molecule has 1 fully saturated rings. The number of benzene rings is 1. The molecule has 8 heteroatoms. The lowest BCUT2D eigenvalue weighted by atomic mass is 10.0. The van der Waals surface area contributed by atoms with E-state index in [1.807, 2.05) is 32.1 Å². The van der Waals surface area contributed by atoms with Crippen molar-refractivity contribution in [3.63, 3.8) is 0 Å². The molecule has 0 bridgehead atoms. The van der Waals surface area contributed by atoms with Gasteiger partial charge < -0.3 is 21.1 Å². The van der Waals surface area contributed by atoms with E-state index in [9.17, 15) is 9.59 Å². The van der Waals surface area contributed by atoms with Crippen LogP contribution in [-0.4, -0.2) is 38.0 Å². The number of hydrogen-bond acceptors (Lipinski definition) is 5. The maximum atomic E-state index is 13.1. The summed E-state index contributed by atoms with van der Waals surface area (Å²) in [7, 11) is 3.15. The average Bonchev–Trinajstić information content (AvgIpc) is 3.68. The van der Waals surface area contributed by atoms with Gasteiger partial charge in [0.05, 0.1) is 24.1 Å². The van der Waals surface area contributed by atoms with Gasteiger partial charge in [-0.2, -0.15) is 0 Å². The second kappa shape index (κ2) is 13.1. The minimum atomic E-state index is -0.105. The Labute approximate surface area is 201 Å². The molecular weight excluding hydrogens is 430 g/mol. The van der Waals surface area contributed by atoms with E-state index in [4.69, 9.17) is 10.5 Å². The van der Waals surface area contributed by atoms with Crippen LogP contribution >= 0.6 is 0 Å². The molecule has 0 atom stereocenters. The fourth-order valence-corrected chi connectivity index (χ4v) is 3.34. The first kappa shape index (κ1) is 26.6. The summed E-state index contributed by atoms with van der Waals surface area (Å²) in [5.74, 6) is 0.733. The number of carbonyl (C=O) groups excluding carboxylic acids is 2. The van der Waals surface area contributed by atoms with E-state index >= 15 is 0 Å². The predicted molar refractivity (Wildman–Crippen MR) is 138 cm³/mol. The zero-order valence-corrected chi connectivity index (χ0v) is 20.6. The van der Waals surface area contributed by atoms with Gasteiger partial charge in [0.2, 0.25) is 5.91 Å². The number of hydrogen-bond donors (Lipinski definition) is 3. The number of amidine groups is 1. The number of nitrogens with one attached hydrogen (secondary N) is 2. The Morgan fingerprint density at radius 1 is 1.26 bits per heavy atom. The number of ketones is 1. The summed E-state index contributed by atoms with van der Waals surface area (Å²) in [5.41, 5.74) is 9.09. The van der Waals surface area contributed by atoms with Crippen molar-refractivity contribution in [1.29, 1.82) is 0 Å². The van der Waals surface area contributed by atoms with Gasteiger partial charge in [-0.05, 0) is 44.4 Å². The maximum Gasteiger partial charge on any atom is 0.224 e. The summed E-state index contributed by atoms with van der Waals surface area (Å²) in [6.07, 6.45) is 9.71. The number of rotatable bonds is 12. The molecule has 34 heavy (non-hydrogen) atoms. The number of para-hydroxylation sites is 1. The first-order valence-corrected chi connectivity index (χ1v) is 11.5. The molecule has 0 aliphatic heterocycles. The normalized spacial score (nSPS) is 15.4. The highest BCUT2D eigenvalue weighted by Gasteiger charge is 2.33. The first-order chi connectivity index (χ1) is 16.4. The molecule has 1 aliphatic carbocycles. The minimum Gasteiger partial charge on any atom is -0.494 e. The summed E-state index contributed by atoms with van der Waals surface area (Å²) in [5, 5.41) is 6.27. The Morgan fingerprint density at radius 2 is 2.00 bits per heavy atom. The number of nitrogens with two attached hydrogens (primary N) is 1. The molecule has 0 heterocycles. The molecule has 0 spiro atoms. The molecular formula is C26H35N5O3. The van der Waals surface area contributed by atoms with Crippen LogP contribution in [0.4, 0.5) is 5.69 Å². The Balaban J connectivity index is 2.59. The number of allylic oxidation sites excluding steroid dienone is 4. The van der Waals surface area contributed by atoms with Crippen LogP contribution in [0.1, 0.15) is 52.0 Å². The summed E-state index contributed by atoms with van der Waals surface area (Å²) >= 11 is 0. The molecule has 1 aromatic rings. The zero-order valence-electron chi connectivity index (χ0n) is 20.6. The number of Topliss-reactive ketones (excluding diaryl/α,β-unsaturated/α-hetero) is 1. The zero-order chi connectivity index (χ0) is 25.1. The minimum absolute atomic E-state index is 0.0320. The highest BCUT2D eigenvalue weighted by Crippen LogP contribution is 2.36.